The zero-order chi connectivity index (χ0) is 10.7. The number of carbonyl (C=O) groups excluding carboxylic acids is 1. The number of rotatable bonds is 4. The number of carbonyl (C=O) groups is 1. The molecule has 2 atom stereocenters. The number of likely N-dealkylation sites (tertiary alicyclic amines) is 1. The smallest absolute Gasteiger partial charge is 0.222 e. The highest BCUT2D eigenvalue weighted by atomic mass is 79.9. The Balaban J connectivity index is 2.44. The van der Waals surface area contributed by atoms with Crippen LogP contribution in [0, 0.1) is 17.8 Å². The van der Waals surface area contributed by atoms with Crippen molar-refractivity contribution >= 4 is 21.8 Å². The Hall–Kier alpha value is -0.0500. The highest BCUT2D eigenvalue weighted by molar-refractivity contribution is 9.09. The van der Waals surface area contributed by atoms with Gasteiger partial charge in [0, 0.05) is 24.8 Å². The van der Waals surface area contributed by atoms with Gasteiger partial charge in [-0.2, -0.15) is 0 Å². The van der Waals surface area contributed by atoms with Gasteiger partial charge in [0.2, 0.25) is 5.91 Å². The van der Waals surface area contributed by atoms with E-state index in [1.807, 2.05) is 4.90 Å². The number of hydrogen-bond donors (Lipinski definition) is 0. The molecule has 1 aliphatic heterocycles. The molecular formula is C11H20BrNO. The lowest BCUT2D eigenvalue weighted by Gasteiger charge is -2.20. The van der Waals surface area contributed by atoms with E-state index < -0.39 is 0 Å². The lowest BCUT2D eigenvalue weighted by Crippen LogP contribution is -2.30. The van der Waals surface area contributed by atoms with Crippen LogP contribution in [0.25, 0.3) is 0 Å². The molecule has 2 nitrogen and oxygen atoms in total. The van der Waals surface area contributed by atoms with Gasteiger partial charge in [-0.05, 0) is 17.8 Å². The van der Waals surface area contributed by atoms with E-state index in [0.717, 1.165) is 24.8 Å². The van der Waals surface area contributed by atoms with E-state index in [-0.39, 0.29) is 0 Å². The summed E-state index contributed by atoms with van der Waals surface area (Å²) in [7, 11) is 0. The first-order valence-corrected chi connectivity index (χ1v) is 6.50. The molecule has 1 saturated heterocycles. The summed E-state index contributed by atoms with van der Waals surface area (Å²) in [5.41, 5.74) is 0. The fourth-order valence-electron chi connectivity index (χ4n) is 1.85. The molecule has 0 bridgehead atoms. The average molecular weight is 262 g/mol. The van der Waals surface area contributed by atoms with Crippen molar-refractivity contribution < 1.29 is 4.79 Å². The molecule has 0 saturated carbocycles. The first-order valence-electron chi connectivity index (χ1n) is 5.38. The van der Waals surface area contributed by atoms with E-state index >= 15 is 0 Å². The second-order valence-electron chi connectivity index (χ2n) is 4.77. The van der Waals surface area contributed by atoms with Crippen molar-refractivity contribution in [1.29, 1.82) is 0 Å². The molecular weight excluding hydrogens is 242 g/mol. The van der Waals surface area contributed by atoms with Crippen LogP contribution >= 0.6 is 15.9 Å². The van der Waals surface area contributed by atoms with Crippen LogP contribution in [0.2, 0.25) is 0 Å². The second kappa shape index (κ2) is 5.15. The van der Waals surface area contributed by atoms with Crippen molar-refractivity contribution in [3.8, 4) is 0 Å². The van der Waals surface area contributed by atoms with Crippen LogP contribution < -0.4 is 0 Å². The lowest BCUT2D eigenvalue weighted by atomic mass is 9.95. The molecule has 1 aliphatic rings. The molecule has 82 valence electrons. The van der Waals surface area contributed by atoms with E-state index in [2.05, 4.69) is 36.7 Å². The Kier molecular flexibility index (Phi) is 4.42. The van der Waals surface area contributed by atoms with Gasteiger partial charge in [0.15, 0.2) is 0 Å². The van der Waals surface area contributed by atoms with Crippen LogP contribution in [0.3, 0.4) is 0 Å². The minimum absolute atomic E-state index is 0.344. The van der Waals surface area contributed by atoms with Gasteiger partial charge in [-0.1, -0.05) is 36.7 Å². The summed E-state index contributed by atoms with van der Waals surface area (Å²) in [6.07, 6.45) is 0.757. The predicted octanol–water partition coefficient (Wildman–Crippen LogP) is 2.52. The Bertz CT molecular complexity index is 205. The molecule has 1 heterocycles. The van der Waals surface area contributed by atoms with Crippen molar-refractivity contribution in [3.05, 3.63) is 0 Å². The third kappa shape index (κ3) is 2.97. The van der Waals surface area contributed by atoms with Gasteiger partial charge in [0.05, 0.1) is 0 Å². The quantitative estimate of drug-likeness (QED) is 0.713. The Morgan fingerprint density at radius 2 is 2.14 bits per heavy atom. The first-order chi connectivity index (χ1) is 6.54. The number of alkyl halides is 1. The zero-order valence-electron chi connectivity index (χ0n) is 9.29. The molecule has 0 N–H and O–H groups in total. The molecule has 0 radical (unpaired) electrons. The molecule has 2 unspecified atom stereocenters. The van der Waals surface area contributed by atoms with Gasteiger partial charge in [-0.15, -0.1) is 0 Å². The molecule has 1 amide bonds. The summed E-state index contributed by atoms with van der Waals surface area (Å²) >= 11 is 3.45. The molecule has 0 aromatic heterocycles. The minimum atomic E-state index is 0.344. The van der Waals surface area contributed by atoms with E-state index in [1.54, 1.807) is 0 Å². The highest BCUT2D eigenvalue weighted by Gasteiger charge is 2.31. The Morgan fingerprint density at radius 3 is 2.57 bits per heavy atom. The monoisotopic (exact) mass is 261 g/mol. The topological polar surface area (TPSA) is 20.3 Å². The fourth-order valence-corrected chi connectivity index (χ4v) is 2.06. The highest BCUT2D eigenvalue weighted by Crippen LogP contribution is 2.25. The van der Waals surface area contributed by atoms with E-state index in [0.29, 0.717) is 23.7 Å². The molecule has 0 aromatic rings. The second-order valence-corrected chi connectivity index (χ2v) is 5.41. The van der Waals surface area contributed by atoms with Gasteiger partial charge >= 0.3 is 0 Å². The summed E-state index contributed by atoms with van der Waals surface area (Å²) < 4.78 is 0. The molecule has 0 spiro atoms. The van der Waals surface area contributed by atoms with Gasteiger partial charge in [0.25, 0.3) is 0 Å². The summed E-state index contributed by atoms with van der Waals surface area (Å²) in [5.74, 6) is 2.11. The average Bonchev–Trinajstić information content (AvgIpc) is 2.48. The number of amides is 1. The molecule has 1 rings (SSSR count). The Labute approximate surface area is 95.2 Å². The molecule has 14 heavy (non-hydrogen) atoms. The summed E-state index contributed by atoms with van der Waals surface area (Å²) in [6, 6.07) is 0. The number of halogens is 1. The SMILES string of the molecule is CC(CBr)CN1CC(C(C)C)CC1=O. The third-order valence-electron chi connectivity index (χ3n) is 2.98. The minimum Gasteiger partial charge on any atom is -0.342 e. The first kappa shape index (κ1) is 12.0. The fraction of sp³-hybridized carbons (Fsp3) is 0.909. The maximum Gasteiger partial charge on any atom is 0.222 e. The van der Waals surface area contributed by atoms with Crippen molar-refractivity contribution in [1.82, 2.24) is 4.90 Å². The van der Waals surface area contributed by atoms with Crippen LogP contribution in [-0.2, 0) is 4.79 Å². The maximum atomic E-state index is 11.7. The number of hydrogen-bond acceptors (Lipinski definition) is 1. The van der Waals surface area contributed by atoms with Crippen LogP contribution in [0.15, 0.2) is 0 Å². The molecule has 1 fully saturated rings. The van der Waals surface area contributed by atoms with Gasteiger partial charge in [0.1, 0.15) is 0 Å². The summed E-state index contributed by atoms with van der Waals surface area (Å²) in [5, 5.41) is 0.975. The van der Waals surface area contributed by atoms with Crippen LogP contribution in [0.1, 0.15) is 27.2 Å². The standard InChI is InChI=1S/C11H20BrNO/c1-8(2)10-4-11(14)13(7-10)6-9(3)5-12/h8-10H,4-7H2,1-3H3. The van der Waals surface area contributed by atoms with E-state index in [4.69, 9.17) is 0 Å². The summed E-state index contributed by atoms with van der Waals surface area (Å²) in [6.45, 7) is 8.45. The lowest BCUT2D eigenvalue weighted by molar-refractivity contribution is -0.128. The van der Waals surface area contributed by atoms with Gasteiger partial charge in [-0.3, -0.25) is 4.79 Å². The molecule has 3 heteroatoms. The largest absolute Gasteiger partial charge is 0.342 e. The Morgan fingerprint density at radius 1 is 1.50 bits per heavy atom. The molecule has 0 aromatic carbocycles. The van der Waals surface area contributed by atoms with Crippen molar-refractivity contribution in [2.24, 2.45) is 17.8 Å². The predicted molar refractivity (Wildman–Crippen MR) is 62.5 cm³/mol. The third-order valence-corrected chi connectivity index (χ3v) is 4.09. The van der Waals surface area contributed by atoms with Gasteiger partial charge < -0.3 is 4.90 Å². The van der Waals surface area contributed by atoms with E-state index in [9.17, 15) is 4.79 Å². The number of nitrogens with zero attached hydrogens (tertiary/aromatic N) is 1. The molecule has 0 aliphatic carbocycles. The zero-order valence-corrected chi connectivity index (χ0v) is 10.9. The maximum absolute atomic E-state index is 11.7. The van der Waals surface area contributed by atoms with Crippen LogP contribution in [-0.4, -0.2) is 29.2 Å². The van der Waals surface area contributed by atoms with Crippen molar-refractivity contribution in [2.45, 2.75) is 27.2 Å². The van der Waals surface area contributed by atoms with E-state index in [1.165, 1.54) is 0 Å². The normalized spacial score (nSPS) is 24.8. The van der Waals surface area contributed by atoms with Crippen molar-refractivity contribution in [3.63, 3.8) is 0 Å². The van der Waals surface area contributed by atoms with Gasteiger partial charge in [-0.25, -0.2) is 0 Å². The van der Waals surface area contributed by atoms with Crippen molar-refractivity contribution in [2.75, 3.05) is 18.4 Å². The van der Waals surface area contributed by atoms with Crippen LogP contribution in [0.4, 0.5) is 0 Å². The summed E-state index contributed by atoms with van der Waals surface area (Å²) in [4.78, 5) is 13.7. The van der Waals surface area contributed by atoms with Crippen LogP contribution in [0.5, 0.6) is 0 Å².